The lowest BCUT2D eigenvalue weighted by Crippen LogP contribution is -2.26. The van der Waals surface area contributed by atoms with Gasteiger partial charge in [0.05, 0.1) is 16.3 Å². The number of nitrogens with one attached hydrogen (secondary N) is 1. The Hall–Kier alpha value is -2.97. The van der Waals surface area contributed by atoms with Crippen LogP contribution in [0.3, 0.4) is 0 Å². The Bertz CT molecular complexity index is 1220. The Morgan fingerprint density at radius 1 is 0.968 bits per heavy atom. The predicted molar refractivity (Wildman–Crippen MR) is 127 cm³/mol. The molecule has 0 aromatic heterocycles. The molecule has 0 saturated carbocycles. The molecule has 0 aliphatic rings. The number of benzene rings is 3. The topological polar surface area (TPSA) is 78.8 Å². The molecule has 31 heavy (non-hydrogen) atoms. The van der Waals surface area contributed by atoms with Crippen molar-refractivity contribution in [3.63, 3.8) is 0 Å². The SMILES string of the molecule is C/C(=N/NC(=O)c1ccc(N(C)S(=O)(=O)c2ccc(C)cc2)cc1)c1cccc(Br)c1. The summed E-state index contributed by atoms with van der Waals surface area (Å²) >= 11 is 3.41. The first-order chi connectivity index (χ1) is 14.7. The third-order valence-corrected chi connectivity index (χ3v) is 7.03. The van der Waals surface area contributed by atoms with Gasteiger partial charge >= 0.3 is 0 Å². The number of hydrazone groups is 1. The van der Waals surface area contributed by atoms with Crippen LogP contribution in [0.2, 0.25) is 0 Å². The molecule has 0 spiro atoms. The highest BCUT2D eigenvalue weighted by Crippen LogP contribution is 2.22. The van der Waals surface area contributed by atoms with Crippen LogP contribution in [0.25, 0.3) is 0 Å². The van der Waals surface area contributed by atoms with E-state index >= 15 is 0 Å². The summed E-state index contributed by atoms with van der Waals surface area (Å²) in [6.45, 7) is 3.70. The molecule has 1 N–H and O–H groups in total. The summed E-state index contributed by atoms with van der Waals surface area (Å²) in [7, 11) is -2.21. The van der Waals surface area contributed by atoms with Gasteiger partial charge in [0.1, 0.15) is 0 Å². The predicted octanol–water partition coefficient (Wildman–Crippen LogP) is 4.74. The van der Waals surface area contributed by atoms with Gasteiger partial charge in [-0.1, -0.05) is 45.8 Å². The van der Waals surface area contributed by atoms with Crippen LogP contribution in [0.5, 0.6) is 0 Å². The summed E-state index contributed by atoms with van der Waals surface area (Å²) in [6.07, 6.45) is 0. The zero-order valence-corrected chi connectivity index (χ0v) is 19.7. The summed E-state index contributed by atoms with van der Waals surface area (Å²) in [6, 6.07) is 20.6. The van der Waals surface area contributed by atoms with Crippen LogP contribution in [0.15, 0.2) is 87.3 Å². The first-order valence-electron chi connectivity index (χ1n) is 9.45. The normalized spacial score (nSPS) is 11.8. The number of carbonyl (C=O) groups is 1. The van der Waals surface area contributed by atoms with E-state index in [9.17, 15) is 13.2 Å². The summed E-state index contributed by atoms with van der Waals surface area (Å²) < 4.78 is 27.8. The molecule has 0 aliphatic carbocycles. The third-order valence-electron chi connectivity index (χ3n) is 4.74. The van der Waals surface area contributed by atoms with Crippen molar-refractivity contribution in [1.29, 1.82) is 0 Å². The van der Waals surface area contributed by atoms with Crippen LogP contribution in [-0.4, -0.2) is 27.1 Å². The minimum absolute atomic E-state index is 0.208. The fourth-order valence-corrected chi connectivity index (χ4v) is 4.40. The zero-order chi connectivity index (χ0) is 22.6. The monoisotopic (exact) mass is 499 g/mol. The summed E-state index contributed by atoms with van der Waals surface area (Å²) in [4.78, 5) is 12.6. The number of anilines is 1. The Morgan fingerprint density at radius 3 is 2.23 bits per heavy atom. The molecule has 0 heterocycles. The maximum atomic E-state index is 12.8. The minimum Gasteiger partial charge on any atom is -0.269 e. The maximum absolute atomic E-state index is 12.8. The standard InChI is InChI=1S/C23H22BrN3O3S/c1-16-7-13-22(14-8-16)31(29,30)27(3)21-11-9-18(10-12-21)23(28)26-25-17(2)19-5-4-6-20(24)15-19/h4-15H,1-3H3,(H,26,28)/b25-17-. The van der Waals surface area contributed by atoms with E-state index in [0.29, 0.717) is 17.0 Å². The van der Waals surface area contributed by atoms with Crippen LogP contribution in [0, 0.1) is 6.92 Å². The number of rotatable bonds is 6. The van der Waals surface area contributed by atoms with E-state index in [0.717, 1.165) is 15.6 Å². The number of amides is 1. The van der Waals surface area contributed by atoms with E-state index in [2.05, 4.69) is 26.5 Å². The second-order valence-electron chi connectivity index (χ2n) is 6.98. The molecule has 0 radical (unpaired) electrons. The molecule has 8 heteroatoms. The average molecular weight is 500 g/mol. The molecule has 0 bridgehead atoms. The lowest BCUT2D eigenvalue weighted by Gasteiger charge is -2.19. The molecular formula is C23H22BrN3O3S. The Balaban J connectivity index is 1.72. The molecule has 0 unspecified atom stereocenters. The van der Waals surface area contributed by atoms with E-state index in [1.165, 1.54) is 11.4 Å². The van der Waals surface area contributed by atoms with Gasteiger partial charge in [-0.05, 0) is 67.9 Å². The maximum Gasteiger partial charge on any atom is 0.271 e. The van der Waals surface area contributed by atoms with Gasteiger partial charge in [0.25, 0.3) is 15.9 Å². The quantitative estimate of drug-likeness (QED) is 0.393. The van der Waals surface area contributed by atoms with Gasteiger partial charge in [0, 0.05) is 17.1 Å². The molecule has 0 fully saturated rings. The zero-order valence-electron chi connectivity index (χ0n) is 17.3. The van der Waals surface area contributed by atoms with E-state index in [-0.39, 0.29) is 10.8 Å². The Kier molecular flexibility index (Phi) is 6.92. The number of hydrogen-bond donors (Lipinski definition) is 1. The lowest BCUT2D eigenvalue weighted by atomic mass is 10.1. The highest BCUT2D eigenvalue weighted by Gasteiger charge is 2.21. The number of halogens is 1. The fraction of sp³-hybridized carbons (Fsp3) is 0.130. The fourth-order valence-electron chi connectivity index (χ4n) is 2.81. The van der Waals surface area contributed by atoms with Crippen LogP contribution < -0.4 is 9.73 Å². The highest BCUT2D eigenvalue weighted by molar-refractivity contribution is 9.10. The summed E-state index contributed by atoms with van der Waals surface area (Å²) in [5.41, 5.74) is 5.88. The van der Waals surface area contributed by atoms with Crippen molar-refractivity contribution in [2.45, 2.75) is 18.7 Å². The van der Waals surface area contributed by atoms with Crippen molar-refractivity contribution in [1.82, 2.24) is 5.43 Å². The molecule has 6 nitrogen and oxygen atoms in total. The summed E-state index contributed by atoms with van der Waals surface area (Å²) in [5.74, 6) is -0.384. The van der Waals surface area contributed by atoms with Crippen LogP contribution >= 0.6 is 15.9 Å². The number of nitrogens with zero attached hydrogens (tertiary/aromatic N) is 2. The highest BCUT2D eigenvalue weighted by atomic mass is 79.9. The Labute approximate surface area is 190 Å². The second-order valence-corrected chi connectivity index (χ2v) is 9.87. The van der Waals surface area contributed by atoms with Gasteiger partial charge in [-0.2, -0.15) is 5.10 Å². The van der Waals surface area contributed by atoms with Crippen molar-refractivity contribution >= 4 is 43.3 Å². The Morgan fingerprint density at radius 2 is 1.61 bits per heavy atom. The van der Waals surface area contributed by atoms with Crippen molar-refractivity contribution in [2.24, 2.45) is 5.10 Å². The first-order valence-corrected chi connectivity index (χ1v) is 11.7. The van der Waals surface area contributed by atoms with E-state index in [4.69, 9.17) is 0 Å². The van der Waals surface area contributed by atoms with Gasteiger partial charge in [-0.3, -0.25) is 9.10 Å². The minimum atomic E-state index is -3.69. The van der Waals surface area contributed by atoms with Crippen molar-refractivity contribution in [2.75, 3.05) is 11.4 Å². The molecular weight excluding hydrogens is 478 g/mol. The average Bonchev–Trinajstić information content (AvgIpc) is 2.77. The number of hydrogen-bond acceptors (Lipinski definition) is 4. The second kappa shape index (κ2) is 9.45. The number of sulfonamides is 1. The van der Waals surface area contributed by atoms with Gasteiger partial charge in [0.15, 0.2) is 0 Å². The van der Waals surface area contributed by atoms with Crippen LogP contribution in [-0.2, 0) is 10.0 Å². The molecule has 0 atom stereocenters. The van der Waals surface area contributed by atoms with Crippen LogP contribution in [0.4, 0.5) is 5.69 Å². The summed E-state index contributed by atoms with van der Waals surface area (Å²) in [5, 5.41) is 4.15. The van der Waals surface area contributed by atoms with Crippen molar-refractivity contribution in [3.8, 4) is 0 Å². The lowest BCUT2D eigenvalue weighted by molar-refractivity contribution is 0.0955. The third kappa shape index (κ3) is 5.39. The van der Waals surface area contributed by atoms with E-state index in [1.807, 2.05) is 31.2 Å². The van der Waals surface area contributed by atoms with Gasteiger partial charge in [-0.15, -0.1) is 0 Å². The van der Waals surface area contributed by atoms with Crippen LogP contribution in [0.1, 0.15) is 28.4 Å². The molecule has 3 rings (SSSR count). The van der Waals surface area contributed by atoms with Gasteiger partial charge < -0.3 is 0 Å². The van der Waals surface area contributed by atoms with E-state index in [1.54, 1.807) is 55.5 Å². The molecule has 3 aromatic rings. The molecule has 1 amide bonds. The molecule has 160 valence electrons. The molecule has 3 aromatic carbocycles. The van der Waals surface area contributed by atoms with Crippen molar-refractivity contribution in [3.05, 3.63) is 94.0 Å². The van der Waals surface area contributed by atoms with Gasteiger partial charge in [0.2, 0.25) is 0 Å². The van der Waals surface area contributed by atoms with Crippen molar-refractivity contribution < 1.29 is 13.2 Å². The number of carbonyl (C=O) groups excluding carboxylic acids is 1. The molecule has 0 aliphatic heterocycles. The molecule has 0 saturated heterocycles. The van der Waals surface area contributed by atoms with Gasteiger partial charge in [-0.25, -0.2) is 13.8 Å². The smallest absolute Gasteiger partial charge is 0.269 e. The number of aryl methyl sites for hydroxylation is 1. The van der Waals surface area contributed by atoms with E-state index < -0.39 is 10.0 Å². The first kappa shape index (κ1) is 22.7. The largest absolute Gasteiger partial charge is 0.271 e.